The quantitative estimate of drug-likeness (QED) is 0.592. The van der Waals surface area contributed by atoms with Gasteiger partial charge in [0.1, 0.15) is 5.60 Å². The molecule has 0 aromatic rings. The Morgan fingerprint density at radius 2 is 1.88 bits per heavy atom. The van der Waals surface area contributed by atoms with Crippen LogP contribution in [0.5, 0.6) is 0 Å². The number of aliphatic carboxylic acids is 1. The number of hydrogen-bond donors (Lipinski definition) is 1. The highest BCUT2D eigenvalue weighted by Gasteiger charge is 2.37. The minimum atomic E-state index is -1.13. The van der Waals surface area contributed by atoms with E-state index in [9.17, 15) is 9.59 Å². The molecule has 4 nitrogen and oxygen atoms in total. The maximum absolute atomic E-state index is 11.5. The van der Waals surface area contributed by atoms with Crippen LogP contribution in [0.1, 0.15) is 46.0 Å². The zero-order valence-electron chi connectivity index (χ0n) is 10.4. The lowest BCUT2D eigenvalue weighted by atomic mass is 9.90. The zero-order chi connectivity index (χ0) is 12.9. The zero-order valence-corrected chi connectivity index (χ0v) is 10.4. The summed E-state index contributed by atoms with van der Waals surface area (Å²) in [5.41, 5.74) is -0.367. The van der Waals surface area contributed by atoms with Crippen LogP contribution in [0.4, 0.5) is 0 Å². The van der Waals surface area contributed by atoms with Crippen LogP contribution < -0.4 is 0 Å². The molecule has 1 saturated carbocycles. The smallest absolute Gasteiger partial charge is 0.331 e. The van der Waals surface area contributed by atoms with E-state index >= 15 is 0 Å². The molecule has 96 valence electrons. The molecule has 4 heteroatoms. The highest BCUT2D eigenvalue weighted by atomic mass is 16.6. The Morgan fingerprint density at radius 1 is 1.29 bits per heavy atom. The number of carboxylic acid groups (broad SMARTS) is 1. The van der Waals surface area contributed by atoms with Crippen molar-refractivity contribution in [2.75, 3.05) is 0 Å². The lowest BCUT2D eigenvalue weighted by Crippen LogP contribution is -2.33. The molecule has 17 heavy (non-hydrogen) atoms. The summed E-state index contributed by atoms with van der Waals surface area (Å²) in [6.45, 7) is 4.20. The van der Waals surface area contributed by atoms with Crippen LogP contribution in [0.3, 0.4) is 0 Å². The van der Waals surface area contributed by atoms with Crippen molar-refractivity contribution in [1.29, 1.82) is 0 Å². The minimum absolute atomic E-state index is 0.367. The molecule has 0 aromatic carbocycles. The summed E-state index contributed by atoms with van der Waals surface area (Å²) in [6.07, 6.45) is 6.57. The van der Waals surface area contributed by atoms with Gasteiger partial charge < -0.3 is 9.84 Å². The Hall–Kier alpha value is -1.32. The van der Waals surface area contributed by atoms with Crippen molar-refractivity contribution in [1.82, 2.24) is 0 Å². The van der Waals surface area contributed by atoms with E-state index in [1.54, 1.807) is 0 Å². The number of hydrogen-bond acceptors (Lipinski definition) is 3. The van der Waals surface area contributed by atoms with Crippen LogP contribution in [0.2, 0.25) is 0 Å². The lowest BCUT2D eigenvalue weighted by Gasteiger charge is -2.30. The van der Waals surface area contributed by atoms with E-state index in [0.717, 1.165) is 44.3 Å². The first kappa shape index (κ1) is 13.7. The van der Waals surface area contributed by atoms with Crippen LogP contribution in [0.25, 0.3) is 0 Å². The second kappa shape index (κ2) is 5.84. The predicted octanol–water partition coefficient (Wildman–Crippen LogP) is 2.53. The molecule has 0 unspecified atom stereocenters. The number of carboxylic acids is 1. The third-order valence-electron chi connectivity index (χ3n) is 2.97. The molecule has 0 amide bonds. The van der Waals surface area contributed by atoms with E-state index < -0.39 is 11.9 Å². The molecule has 0 heterocycles. The second-order valence-electron chi connectivity index (χ2n) is 5.08. The van der Waals surface area contributed by atoms with Gasteiger partial charge in [0, 0.05) is 12.2 Å². The lowest BCUT2D eigenvalue weighted by molar-refractivity contribution is -0.155. The Balaban J connectivity index is 2.61. The van der Waals surface area contributed by atoms with Crippen LogP contribution in [-0.4, -0.2) is 22.6 Å². The molecule has 1 rings (SSSR count). The van der Waals surface area contributed by atoms with Gasteiger partial charge in [-0.15, -0.1) is 0 Å². The van der Waals surface area contributed by atoms with Crippen LogP contribution in [-0.2, 0) is 14.3 Å². The van der Waals surface area contributed by atoms with E-state index in [1.807, 2.05) is 0 Å². The van der Waals surface area contributed by atoms with Gasteiger partial charge in [0.05, 0.1) is 0 Å². The van der Waals surface area contributed by atoms with E-state index in [4.69, 9.17) is 9.84 Å². The highest BCUT2D eigenvalue weighted by molar-refractivity contribution is 5.90. The fraction of sp³-hybridized carbons (Fsp3) is 0.692. The molecule has 0 bridgehead atoms. The fourth-order valence-electron chi connectivity index (χ4n) is 2.50. The van der Waals surface area contributed by atoms with Crippen molar-refractivity contribution in [2.45, 2.75) is 51.6 Å². The molecular weight excluding hydrogens is 220 g/mol. The fourth-order valence-corrected chi connectivity index (χ4v) is 2.50. The van der Waals surface area contributed by atoms with Crippen molar-refractivity contribution in [3.8, 4) is 0 Å². The Kier molecular flexibility index (Phi) is 4.73. The Labute approximate surface area is 102 Å². The third-order valence-corrected chi connectivity index (χ3v) is 2.97. The average Bonchev–Trinajstić information content (AvgIpc) is 2.62. The van der Waals surface area contributed by atoms with E-state index in [0.29, 0.717) is 5.92 Å². The first-order valence-corrected chi connectivity index (χ1v) is 6.07. The number of rotatable bonds is 5. The molecule has 1 aliphatic rings. The molecule has 1 aliphatic carbocycles. The molecule has 0 saturated heterocycles. The first-order valence-electron chi connectivity index (χ1n) is 6.07. The van der Waals surface area contributed by atoms with Gasteiger partial charge in [0.25, 0.3) is 0 Å². The van der Waals surface area contributed by atoms with Gasteiger partial charge in [-0.2, -0.15) is 0 Å². The summed E-state index contributed by atoms with van der Waals surface area (Å²) >= 11 is 0. The van der Waals surface area contributed by atoms with Crippen molar-refractivity contribution >= 4 is 11.9 Å². The largest absolute Gasteiger partial charge is 0.478 e. The van der Waals surface area contributed by atoms with E-state index in [2.05, 4.69) is 13.8 Å². The number of ether oxygens (including phenoxy) is 1. The molecular formula is C13H20O4. The molecule has 0 aliphatic heterocycles. The van der Waals surface area contributed by atoms with Crippen molar-refractivity contribution in [3.63, 3.8) is 0 Å². The second-order valence-corrected chi connectivity index (χ2v) is 5.08. The molecule has 0 aromatic heterocycles. The molecule has 0 spiro atoms. The van der Waals surface area contributed by atoms with Crippen LogP contribution >= 0.6 is 0 Å². The highest BCUT2D eigenvalue weighted by Crippen LogP contribution is 2.38. The maximum Gasteiger partial charge on any atom is 0.331 e. The molecule has 1 fully saturated rings. The Bertz CT molecular complexity index is 311. The van der Waals surface area contributed by atoms with Gasteiger partial charge in [0.2, 0.25) is 0 Å². The maximum atomic E-state index is 11.5. The summed E-state index contributed by atoms with van der Waals surface area (Å²) in [6, 6.07) is 0. The van der Waals surface area contributed by atoms with Crippen molar-refractivity contribution < 1.29 is 19.4 Å². The molecule has 0 atom stereocenters. The molecule has 1 N–H and O–H groups in total. The first-order chi connectivity index (χ1) is 7.93. The predicted molar refractivity (Wildman–Crippen MR) is 63.5 cm³/mol. The monoisotopic (exact) mass is 240 g/mol. The Morgan fingerprint density at radius 3 is 2.35 bits per heavy atom. The average molecular weight is 240 g/mol. The van der Waals surface area contributed by atoms with Crippen molar-refractivity contribution in [3.05, 3.63) is 12.2 Å². The SMILES string of the molecule is CC(C)CC1(OC(=O)C=CC(=O)O)CCCC1. The normalized spacial score (nSPS) is 18.8. The summed E-state index contributed by atoms with van der Waals surface area (Å²) in [5, 5.41) is 8.44. The number of esters is 1. The van der Waals surface area contributed by atoms with Gasteiger partial charge in [-0.3, -0.25) is 0 Å². The third kappa shape index (κ3) is 4.59. The summed E-state index contributed by atoms with van der Waals surface area (Å²) in [4.78, 5) is 21.8. The van der Waals surface area contributed by atoms with Gasteiger partial charge >= 0.3 is 11.9 Å². The summed E-state index contributed by atoms with van der Waals surface area (Å²) in [7, 11) is 0. The van der Waals surface area contributed by atoms with Crippen molar-refractivity contribution in [2.24, 2.45) is 5.92 Å². The minimum Gasteiger partial charge on any atom is -0.478 e. The van der Waals surface area contributed by atoms with Crippen LogP contribution in [0, 0.1) is 5.92 Å². The number of carbonyl (C=O) groups is 2. The van der Waals surface area contributed by atoms with E-state index in [-0.39, 0.29) is 5.60 Å². The summed E-state index contributed by atoms with van der Waals surface area (Å²) < 4.78 is 5.47. The van der Waals surface area contributed by atoms with Crippen LogP contribution in [0.15, 0.2) is 12.2 Å². The molecule has 0 radical (unpaired) electrons. The summed E-state index contributed by atoms with van der Waals surface area (Å²) in [5.74, 6) is -1.22. The number of carbonyl (C=O) groups excluding carboxylic acids is 1. The van der Waals surface area contributed by atoms with Gasteiger partial charge in [-0.05, 0) is 38.0 Å². The standard InChI is InChI=1S/C13H20O4/c1-10(2)9-13(7-3-4-8-13)17-12(16)6-5-11(14)15/h5-6,10H,3-4,7-9H2,1-2H3,(H,14,15). The van der Waals surface area contributed by atoms with Gasteiger partial charge in [0.15, 0.2) is 0 Å². The van der Waals surface area contributed by atoms with E-state index in [1.165, 1.54) is 0 Å². The van der Waals surface area contributed by atoms with Gasteiger partial charge in [-0.25, -0.2) is 9.59 Å². The van der Waals surface area contributed by atoms with Gasteiger partial charge in [-0.1, -0.05) is 13.8 Å². The topological polar surface area (TPSA) is 63.6 Å².